The number of rotatable bonds is 2. The van der Waals surface area contributed by atoms with Crippen LogP contribution in [-0.2, 0) is 4.79 Å². The Morgan fingerprint density at radius 3 is 2.71 bits per heavy atom. The number of amides is 3. The fourth-order valence-corrected chi connectivity index (χ4v) is 1.87. The molecule has 0 radical (unpaired) electrons. The van der Waals surface area contributed by atoms with Crippen molar-refractivity contribution in [2.45, 2.75) is 0 Å². The number of carbonyl (C=O) groups is 2. The normalized spacial score (nSPS) is 15.3. The molecule has 1 heterocycles. The number of nitrogens with zero attached hydrogens (tertiary/aromatic N) is 2. The first-order chi connectivity index (χ1) is 8.15. The minimum Gasteiger partial charge on any atom is -0.303 e. The molecular weight excluding hydrogens is 240 g/mol. The van der Waals surface area contributed by atoms with Gasteiger partial charge in [0.15, 0.2) is 0 Å². The van der Waals surface area contributed by atoms with E-state index in [0.29, 0.717) is 10.7 Å². The highest BCUT2D eigenvalue weighted by Gasteiger charge is 2.37. The predicted molar refractivity (Wildman–Crippen MR) is 64.7 cm³/mol. The van der Waals surface area contributed by atoms with E-state index in [1.54, 1.807) is 24.3 Å². The van der Waals surface area contributed by atoms with Crippen molar-refractivity contribution in [1.29, 1.82) is 0 Å². The number of halogens is 1. The minimum absolute atomic E-state index is 0.00570. The summed E-state index contributed by atoms with van der Waals surface area (Å²) in [6, 6.07) is 6.27. The van der Waals surface area contributed by atoms with E-state index in [0.717, 1.165) is 4.90 Å². The lowest BCUT2D eigenvalue weighted by Gasteiger charge is -2.16. The fourth-order valence-electron chi connectivity index (χ4n) is 1.65. The molecule has 0 atom stereocenters. The second-order valence-electron chi connectivity index (χ2n) is 3.52. The predicted octanol–water partition coefficient (Wildman–Crippen LogP) is 1.74. The summed E-state index contributed by atoms with van der Waals surface area (Å²) in [6.45, 7) is 0.111. The van der Waals surface area contributed by atoms with Crippen molar-refractivity contribution in [3.05, 3.63) is 29.3 Å². The first-order valence-electron chi connectivity index (χ1n) is 4.95. The number of carbonyl (C=O) groups excluding carboxylic acids is 2. The summed E-state index contributed by atoms with van der Waals surface area (Å²) in [5.74, 6) is 2.02. The number of hydrogen-bond acceptors (Lipinski definition) is 2. The molecule has 5 heteroatoms. The number of terminal acetylenes is 1. The van der Waals surface area contributed by atoms with E-state index < -0.39 is 6.03 Å². The molecule has 1 aliphatic rings. The second-order valence-corrected chi connectivity index (χ2v) is 3.93. The second kappa shape index (κ2) is 4.48. The van der Waals surface area contributed by atoms with E-state index in [1.807, 2.05) is 0 Å². The van der Waals surface area contributed by atoms with Gasteiger partial charge >= 0.3 is 6.03 Å². The maximum absolute atomic E-state index is 11.9. The topological polar surface area (TPSA) is 40.6 Å². The van der Waals surface area contributed by atoms with Crippen molar-refractivity contribution in [3.8, 4) is 12.3 Å². The van der Waals surface area contributed by atoms with E-state index >= 15 is 0 Å². The number of hydrogen-bond donors (Lipinski definition) is 0. The molecule has 0 unspecified atom stereocenters. The lowest BCUT2D eigenvalue weighted by molar-refractivity contribution is -0.116. The van der Waals surface area contributed by atoms with Gasteiger partial charge in [0, 0.05) is 0 Å². The van der Waals surface area contributed by atoms with E-state index in [2.05, 4.69) is 5.92 Å². The average Bonchev–Trinajstić information content (AvgIpc) is 2.57. The molecule has 0 N–H and O–H groups in total. The quantitative estimate of drug-likeness (QED) is 0.591. The third-order valence-electron chi connectivity index (χ3n) is 2.41. The Kier molecular flexibility index (Phi) is 3.03. The lowest BCUT2D eigenvalue weighted by atomic mass is 10.3. The van der Waals surface area contributed by atoms with Gasteiger partial charge in [0.1, 0.15) is 6.54 Å². The summed E-state index contributed by atoms with van der Waals surface area (Å²) in [6.07, 6.45) is 5.13. The molecule has 2 rings (SSSR count). The molecule has 4 nitrogen and oxygen atoms in total. The smallest absolute Gasteiger partial charge is 0.303 e. The van der Waals surface area contributed by atoms with Crippen molar-refractivity contribution < 1.29 is 9.59 Å². The van der Waals surface area contributed by atoms with Gasteiger partial charge in [-0.3, -0.25) is 4.79 Å². The van der Waals surface area contributed by atoms with Crippen LogP contribution in [0.1, 0.15) is 0 Å². The molecule has 1 aromatic rings. The zero-order valence-corrected chi connectivity index (χ0v) is 9.65. The Bertz CT molecular complexity index is 521. The van der Waals surface area contributed by atoms with E-state index in [4.69, 9.17) is 18.0 Å². The van der Waals surface area contributed by atoms with E-state index in [9.17, 15) is 9.59 Å². The molecule has 1 aliphatic heterocycles. The van der Waals surface area contributed by atoms with Crippen molar-refractivity contribution in [2.24, 2.45) is 0 Å². The molecule has 0 bridgehead atoms. The first-order valence-corrected chi connectivity index (χ1v) is 5.33. The van der Waals surface area contributed by atoms with Crippen LogP contribution in [0.5, 0.6) is 0 Å². The summed E-state index contributed by atoms with van der Waals surface area (Å²) in [4.78, 5) is 26.0. The van der Waals surface area contributed by atoms with Gasteiger partial charge in [0.05, 0.1) is 17.3 Å². The monoisotopic (exact) mass is 248 g/mol. The molecule has 0 spiro atoms. The van der Waals surface area contributed by atoms with E-state index in [1.165, 1.54) is 4.90 Å². The molecule has 1 fully saturated rings. The standard InChI is InChI=1S/C12H9ClN2O2/c1-2-7-14-8-11(16)15(12(14)17)10-6-4-3-5-9(10)13/h1,3-6H,7-8H2. The van der Waals surface area contributed by atoms with Gasteiger partial charge in [-0.15, -0.1) is 6.42 Å². The van der Waals surface area contributed by atoms with Gasteiger partial charge in [0.2, 0.25) is 0 Å². The highest BCUT2D eigenvalue weighted by Crippen LogP contribution is 2.28. The highest BCUT2D eigenvalue weighted by atomic mass is 35.5. The van der Waals surface area contributed by atoms with Crippen LogP contribution in [0.15, 0.2) is 24.3 Å². The molecule has 17 heavy (non-hydrogen) atoms. The molecule has 0 aromatic heterocycles. The van der Waals surface area contributed by atoms with Crippen LogP contribution in [0, 0.1) is 12.3 Å². The van der Waals surface area contributed by atoms with Crippen molar-refractivity contribution in [3.63, 3.8) is 0 Å². The Labute approximate surface area is 104 Å². The minimum atomic E-state index is -0.430. The van der Waals surface area contributed by atoms with Gasteiger partial charge in [-0.2, -0.15) is 0 Å². The molecule has 0 saturated carbocycles. The first kappa shape index (κ1) is 11.5. The lowest BCUT2D eigenvalue weighted by Crippen LogP contribution is -2.33. The van der Waals surface area contributed by atoms with Gasteiger partial charge in [-0.25, -0.2) is 9.69 Å². The summed E-state index contributed by atoms with van der Waals surface area (Å²) < 4.78 is 0. The molecular formula is C12H9ClN2O2. The van der Waals surface area contributed by atoms with Crippen LogP contribution in [0.2, 0.25) is 5.02 Å². The largest absolute Gasteiger partial charge is 0.332 e. The Morgan fingerprint density at radius 2 is 2.06 bits per heavy atom. The molecule has 0 aliphatic carbocycles. The molecule has 1 aromatic carbocycles. The van der Waals surface area contributed by atoms with Crippen molar-refractivity contribution in [1.82, 2.24) is 4.90 Å². The van der Waals surface area contributed by atoms with Crippen LogP contribution >= 0.6 is 11.6 Å². The van der Waals surface area contributed by atoms with Crippen LogP contribution < -0.4 is 4.90 Å². The van der Waals surface area contributed by atoms with Crippen molar-refractivity contribution in [2.75, 3.05) is 18.0 Å². The molecule has 1 saturated heterocycles. The van der Waals surface area contributed by atoms with Gasteiger partial charge < -0.3 is 4.90 Å². The van der Waals surface area contributed by atoms with Gasteiger partial charge in [-0.05, 0) is 12.1 Å². The third-order valence-corrected chi connectivity index (χ3v) is 2.73. The number of urea groups is 1. The number of imide groups is 1. The SMILES string of the molecule is C#CCN1CC(=O)N(c2ccccc2Cl)C1=O. The summed E-state index contributed by atoms with van der Waals surface area (Å²) in [7, 11) is 0. The molecule has 86 valence electrons. The Balaban J connectivity index is 2.35. The van der Waals surface area contributed by atoms with Crippen LogP contribution in [0.3, 0.4) is 0 Å². The summed E-state index contributed by atoms with van der Waals surface area (Å²) in [5.41, 5.74) is 0.392. The molecule has 3 amide bonds. The number of para-hydroxylation sites is 1. The summed E-state index contributed by atoms with van der Waals surface area (Å²) >= 11 is 5.95. The van der Waals surface area contributed by atoms with E-state index in [-0.39, 0.29) is 19.0 Å². The maximum Gasteiger partial charge on any atom is 0.332 e. The fraction of sp³-hybridized carbons (Fsp3) is 0.167. The zero-order valence-electron chi connectivity index (χ0n) is 8.89. The Morgan fingerprint density at radius 1 is 1.35 bits per heavy atom. The van der Waals surface area contributed by atoms with Crippen LogP contribution in [0.4, 0.5) is 10.5 Å². The Hall–Kier alpha value is -1.99. The van der Waals surface area contributed by atoms with Gasteiger partial charge in [-0.1, -0.05) is 29.7 Å². The van der Waals surface area contributed by atoms with Crippen LogP contribution in [-0.4, -0.2) is 29.9 Å². The third kappa shape index (κ3) is 1.97. The van der Waals surface area contributed by atoms with Crippen molar-refractivity contribution >= 4 is 29.2 Å². The summed E-state index contributed by atoms with van der Waals surface area (Å²) in [5, 5.41) is 0.358. The van der Waals surface area contributed by atoms with Gasteiger partial charge in [0.25, 0.3) is 5.91 Å². The maximum atomic E-state index is 11.9. The van der Waals surface area contributed by atoms with Crippen LogP contribution in [0.25, 0.3) is 0 Å². The average molecular weight is 249 g/mol. The number of benzene rings is 1. The number of anilines is 1. The zero-order chi connectivity index (χ0) is 12.4. The highest BCUT2D eigenvalue weighted by molar-refractivity contribution is 6.35.